The fourth-order valence-electron chi connectivity index (χ4n) is 1.89. The second-order valence-electron chi connectivity index (χ2n) is 4.67. The Bertz CT molecular complexity index is 685. The zero-order valence-corrected chi connectivity index (χ0v) is 12.5. The topological polar surface area (TPSA) is 64.6 Å². The van der Waals surface area contributed by atoms with Crippen LogP contribution in [0.25, 0.3) is 0 Å². The highest BCUT2D eigenvalue weighted by molar-refractivity contribution is 5.91. The van der Waals surface area contributed by atoms with Gasteiger partial charge in [0.1, 0.15) is 11.6 Å². The lowest BCUT2D eigenvalue weighted by molar-refractivity contribution is -0.124. The molecule has 0 atom stereocenters. The molecule has 2 aromatic carbocycles. The Balaban J connectivity index is 1.81. The van der Waals surface area contributed by atoms with Crippen molar-refractivity contribution in [2.45, 2.75) is 6.54 Å². The predicted molar refractivity (Wildman–Crippen MR) is 81.5 cm³/mol. The normalized spacial score (nSPS) is 10.0. The van der Waals surface area contributed by atoms with Crippen molar-refractivity contribution in [1.82, 2.24) is 5.32 Å². The molecule has 0 bridgehead atoms. The van der Waals surface area contributed by atoms with Gasteiger partial charge in [-0.1, -0.05) is 18.2 Å². The average molecular weight is 317 g/mol. The first-order valence-electron chi connectivity index (χ1n) is 6.91. The summed E-state index contributed by atoms with van der Waals surface area (Å²) in [6, 6.07) is 12.2. The van der Waals surface area contributed by atoms with Gasteiger partial charge in [0.05, 0.1) is 12.7 Å². The van der Waals surface area contributed by atoms with E-state index < -0.39 is 24.3 Å². The maximum Gasteiger partial charge on any atom is 0.338 e. The van der Waals surface area contributed by atoms with Crippen molar-refractivity contribution in [2.24, 2.45) is 0 Å². The molecule has 2 aromatic rings. The molecule has 2 rings (SSSR count). The Morgan fingerprint density at radius 1 is 1.09 bits per heavy atom. The monoisotopic (exact) mass is 317 g/mol. The molecule has 0 heterocycles. The van der Waals surface area contributed by atoms with Gasteiger partial charge in [0.15, 0.2) is 6.61 Å². The maximum atomic E-state index is 12.8. The van der Waals surface area contributed by atoms with Crippen molar-refractivity contribution in [3.8, 4) is 5.75 Å². The second kappa shape index (κ2) is 7.93. The van der Waals surface area contributed by atoms with E-state index in [1.807, 2.05) is 18.2 Å². The summed E-state index contributed by atoms with van der Waals surface area (Å²) in [7, 11) is 1.55. The smallest absolute Gasteiger partial charge is 0.338 e. The highest BCUT2D eigenvalue weighted by Crippen LogP contribution is 2.16. The number of esters is 1. The number of ether oxygens (including phenoxy) is 2. The Morgan fingerprint density at radius 3 is 2.48 bits per heavy atom. The first kappa shape index (κ1) is 16.5. The number of methoxy groups -OCH3 is 1. The number of carbonyl (C=O) groups excluding carboxylic acids is 2. The molecule has 0 unspecified atom stereocenters. The number of nitrogens with one attached hydrogen (secondary N) is 1. The lowest BCUT2D eigenvalue weighted by Crippen LogP contribution is -2.28. The number of hydrogen-bond acceptors (Lipinski definition) is 4. The lowest BCUT2D eigenvalue weighted by atomic mass is 10.2. The number of halogens is 1. The largest absolute Gasteiger partial charge is 0.496 e. The van der Waals surface area contributed by atoms with E-state index in [1.54, 1.807) is 13.2 Å². The minimum atomic E-state index is -0.683. The summed E-state index contributed by atoms with van der Waals surface area (Å²) >= 11 is 0. The van der Waals surface area contributed by atoms with E-state index in [1.165, 1.54) is 12.1 Å². The third kappa shape index (κ3) is 4.81. The van der Waals surface area contributed by atoms with Gasteiger partial charge in [-0.15, -0.1) is 0 Å². The minimum absolute atomic E-state index is 0.184. The van der Waals surface area contributed by atoms with Crippen LogP contribution in [0.15, 0.2) is 48.5 Å². The second-order valence-corrected chi connectivity index (χ2v) is 4.67. The van der Waals surface area contributed by atoms with Crippen molar-refractivity contribution < 1.29 is 23.5 Å². The molecule has 6 heteroatoms. The van der Waals surface area contributed by atoms with Gasteiger partial charge in [-0.3, -0.25) is 4.79 Å². The van der Waals surface area contributed by atoms with E-state index in [0.29, 0.717) is 5.75 Å². The molecule has 0 saturated heterocycles. The molecule has 120 valence electrons. The molecule has 0 spiro atoms. The molecule has 1 amide bonds. The molecule has 0 aliphatic rings. The van der Waals surface area contributed by atoms with Crippen molar-refractivity contribution in [3.05, 3.63) is 65.5 Å². The SMILES string of the molecule is COc1ccccc1CNC(=O)COC(=O)c1ccc(F)cc1. The van der Waals surface area contributed by atoms with Crippen LogP contribution in [0.1, 0.15) is 15.9 Å². The number of benzene rings is 2. The van der Waals surface area contributed by atoms with Gasteiger partial charge in [0.25, 0.3) is 5.91 Å². The third-order valence-corrected chi connectivity index (χ3v) is 3.08. The molecule has 5 nitrogen and oxygen atoms in total. The fraction of sp³-hybridized carbons (Fsp3) is 0.176. The Hall–Kier alpha value is -2.89. The molecule has 0 aliphatic carbocycles. The fourth-order valence-corrected chi connectivity index (χ4v) is 1.89. The molecule has 0 radical (unpaired) electrons. The Morgan fingerprint density at radius 2 is 1.78 bits per heavy atom. The molecule has 23 heavy (non-hydrogen) atoms. The molecular formula is C17H16FNO4. The quantitative estimate of drug-likeness (QED) is 0.830. The zero-order valence-electron chi connectivity index (χ0n) is 12.5. The molecular weight excluding hydrogens is 301 g/mol. The number of hydrogen-bond donors (Lipinski definition) is 1. The van der Waals surface area contributed by atoms with Crippen LogP contribution in [0.4, 0.5) is 4.39 Å². The summed E-state index contributed by atoms with van der Waals surface area (Å²) < 4.78 is 22.8. The summed E-state index contributed by atoms with van der Waals surface area (Å²) in [6.45, 7) is -0.150. The van der Waals surface area contributed by atoms with Crippen LogP contribution >= 0.6 is 0 Å². The molecule has 0 aromatic heterocycles. The lowest BCUT2D eigenvalue weighted by Gasteiger charge is -2.10. The van der Waals surface area contributed by atoms with Crippen molar-refractivity contribution in [1.29, 1.82) is 0 Å². The van der Waals surface area contributed by atoms with Crippen LogP contribution in [0.2, 0.25) is 0 Å². The van der Waals surface area contributed by atoms with Crippen molar-refractivity contribution in [2.75, 3.05) is 13.7 Å². The van der Waals surface area contributed by atoms with E-state index in [4.69, 9.17) is 9.47 Å². The van der Waals surface area contributed by atoms with E-state index in [2.05, 4.69) is 5.32 Å². The number of para-hydroxylation sites is 1. The standard InChI is InChI=1S/C17H16FNO4/c1-22-15-5-3-2-4-13(15)10-19-16(20)11-23-17(21)12-6-8-14(18)9-7-12/h2-9H,10-11H2,1H3,(H,19,20). The first-order valence-corrected chi connectivity index (χ1v) is 6.91. The van der Waals surface area contributed by atoms with E-state index in [0.717, 1.165) is 17.7 Å². The van der Waals surface area contributed by atoms with Crippen LogP contribution in [-0.2, 0) is 16.1 Å². The molecule has 1 N–H and O–H groups in total. The van der Waals surface area contributed by atoms with Gasteiger partial charge in [0.2, 0.25) is 0 Å². The van der Waals surface area contributed by atoms with Crippen LogP contribution in [-0.4, -0.2) is 25.6 Å². The summed E-state index contributed by atoms with van der Waals surface area (Å²) in [5, 5.41) is 2.63. The van der Waals surface area contributed by atoms with Crippen molar-refractivity contribution >= 4 is 11.9 Å². The third-order valence-electron chi connectivity index (χ3n) is 3.08. The number of amides is 1. The van der Waals surface area contributed by atoms with E-state index in [9.17, 15) is 14.0 Å². The highest BCUT2D eigenvalue weighted by Gasteiger charge is 2.10. The van der Waals surface area contributed by atoms with Crippen LogP contribution in [0.5, 0.6) is 5.75 Å². The van der Waals surface area contributed by atoms with Gasteiger partial charge in [-0.2, -0.15) is 0 Å². The van der Waals surface area contributed by atoms with Crippen molar-refractivity contribution in [3.63, 3.8) is 0 Å². The Labute approximate surface area is 133 Å². The summed E-state index contributed by atoms with van der Waals surface area (Å²) in [4.78, 5) is 23.4. The first-order chi connectivity index (χ1) is 11.1. The summed E-state index contributed by atoms with van der Waals surface area (Å²) in [5.74, 6) is -0.906. The maximum absolute atomic E-state index is 12.8. The summed E-state index contributed by atoms with van der Waals surface area (Å²) in [6.07, 6.45) is 0. The molecule has 0 saturated carbocycles. The van der Waals surface area contributed by atoms with Crippen LogP contribution in [0, 0.1) is 5.82 Å². The number of carbonyl (C=O) groups is 2. The van der Waals surface area contributed by atoms with Gasteiger partial charge in [-0.05, 0) is 30.3 Å². The minimum Gasteiger partial charge on any atom is -0.496 e. The molecule has 0 fully saturated rings. The molecule has 0 aliphatic heterocycles. The van der Waals surface area contributed by atoms with Gasteiger partial charge >= 0.3 is 5.97 Å². The predicted octanol–water partition coefficient (Wildman–Crippen LogP) is 2.31. The highest BCUT2D eigenvalue weighted by atomic mass is 19.1. The van der Waals surface area contributed by atoms with Gasteiger partial charge in [-0.25, -0.2) is 9.18 Å². The van der Waals surface area contributed by atoms with Gasteiger partial charge in [0, 0.05) is 12.1 Å². The van der Waals surface area contributed by atoms with Crippen LogP contribution < -0.4 is 10.1 Å². The Kier molecular flexibility index (Phi) is 5.68. The zero-order chi connectivity index (χ0) is 16.7. The van der Waals surface area contributed by atoms with Gasteiger partial charge < -0.3 is 14.8 Å². The van der Waals surface area contributed by atoms with E-state index in [-0.39, 0.29) is 12.1 Å². The number of rotatable bonds is 6. The average Bonchev–Trinajstić information content (AvgIpc) is 2.58. The van der Waals surface area contributed by atoms with Crippen LogP contribution in [0.3, 0.4) is 0 Å². The summed E-state index contributed by atoms with van der Waals surface area (Å²) in [5.41, 5.74) is 0.997. The van der Waals surface area contributed by atoms with E-state index >= 15 is 0 Å².